The number of thiophene rings is 3. The number of rotatable bonds is 22. The van der Waals surface area contributed by atoms with E-state index in [0.717, 1.165) is 81.7 Å². The molecule has 6 aromatic heterocycles. The highest BCUT2D eigenvalue weighted by Gasteiger charge is 2.60. The maximum atomic E-state index is 14.8. The van der Waals surface area contributed by atoms with Crippen molar-refractivity contribution in [2.45, 2.75) is 161 Å². The molecule has 9 aliphatic rings. The van der Waals surface area contributed by atoms with Gasteiger partial charge in [-0.25, -0.2) is 19.7 Å². The molecule has 3 spiro atoms. The lowest BCUT2D eigenvalue weighted by molar-refractivity contribution is -0.130. The predicted octanol–water partition coefficient (Wildman–Crippen LogP) is 16.9. The lowest BCUT2D eigenvalue weighted by Gasteiger charge is -2.45. The molecule has 9 aromatic rings. The second kappa shape index (κ2) is 41.4. The number of benzene rings is 3. The van der Waals surface area contributed by atoms with E-state index in [2.05, 4.69) is 52.4 Å². The van der Waals surface area contributed by atoms with Gasteiger partial charge in [-0.3, -0.25) is 43.5 Å². The van der Waals surface area contributed by atoms with Crippen molar-refractivity contribution < 1.29 is 94.2 Å². The van der Waals surface area contributed by atoms with Crippen molar-refractivity contribution in [3.05, 3.63) is 160 Å². The summed E-state index contributed by atoms with van der Waals surface area (Å²) in [5.41, 5.74) is 8.28. The average Bonchev–Trinajstić information content (AvgIpc) is 1.62. The second-order valence-electron chi connectivity index (χ2n) is 34.0. The van der Waals surface area contributed by atoms with Crippen LogP contribution in [0.5, 0.6) is 17.2 Å². The highest BCUT2D eigenvalue weighted by Crippen LogP contribution is 2.56. The number of anilines is 3. The number of piperidine rings is 3. The van der Waals surface area contributed by atoms with Gasteiger partial charge in [0.15, 0.2) is 17.3 Å². The van der Waals surface area contributed by atoms with Crippen molar-refractivity contribution in [3.8, 4) is 49.6 Å². The van der Waals surface area contributed by atoms with Crippen molar-refractivity contribution in [1.29, 1.82) is 5.53 Å². The molecule has 3 aromatic carbocycles. The summed E-state index contributed by atoms with van der Waals surface area (Å²) in [6.07, 6.45) is 14.1. The third-order valence-electron chi connectivity index (χ3n) is 25.3. The summed E-state index contributed by atoms with van der Waals surface area (Å²) in [6, 6.07) is 23.2. The number of ketones is 3. The maximum absolute atomic E-state index is 14.8. The topological polar surface area (TPSA) is 388 Å². The van der Waals surface area contributed by atoms with Gasteiger partial charge in [-0.2, -0.15) is 5.53 Å². The zero-order valence-electron chi connectivity index (χ0n) is 73.7. The van der Waals surface area contributed by atoms with Crippen molar-refractivity contribution >= 4 is 102 Å². The number of para-hydroxylation sites is 3. The van der Waals surface area contributed by atoms with Crippen LogP contribution in [0, 0.1) is 42.5 Å². The number of nitrogens with zero attached hydrogens (tertiary/aromatic N) is 10. The van der Waals surface area contributed by atoms with Gasteiger partial charge in [-0.05, 0) is 190 Å². The molecule has 6 fully saturated rings. The predicted molar refractivity (Wildman–Crippen MR) is 480 cm³/mol. The lowest BCUT2D eigenvalue weighted by Crippen LogP contribution is -2.58. The van der Waals surface area contributed by atoms with E-state index < -0.39 is 46.3 Å². The van der Waals surface area contributed by atoms with E-state index >= 15 is 0 Å². The Morgan fingerprint density at radius 3 is 1.06 bits per heavy atom. The summed E-state index contributed by atoms with van der Waals surface area (Å²) in [7, 11) is 4.90. The Morgan fingerprint density at radius 1 is 0.496 bits per heavy atom. The highest BCUT2D eigenvalue weighted by atomic mass is 35.5. The van der Waals surface area contributed by atoms with E-state index in [0.29, 0.717) is 163 Å². The number of oxazole rings is 3. The van der Waals surface area contributed by atoms with Crippen LogP contribution < -0.4 is 39.5 Å². The minimum atomic E-state index is -1.34. The molecule has 18 rings (SSSR count). The lowest BCUT2D eigenvalue weighted by atomic mass is 9.69. The molecule has 0 unspecified atom stereocenters. The van der Waals surface area contributed by atoms with E-state index in [1.807, 2.05) is 114 Å². The summed E-state index contributed by atoms with van der Waals surface area (Å²) in [6.45, 7) is 18.5. The molecule has 686 valence electrons. The van der Waals surface area contributed by atoms with Gasteiger partial charge in [0.2, 0.25) is 35.4 Å². The molecule has 0 aliphatic carbocycles. The van der Waals surface area contributed by atoms with Crippen molar-refractivity contribution in [1.82, 2.24) is 30.5 Å². The van der Waals surface area contributed by atoms with E-state index in [4.69, 9.17) is 66.2 Å². The van der Waals surface area contributed by atoms with Gasteiger partial charge in [0, 0.05) is 69.4 Å². The molecule has 37 heteroatoms. The number of likely N-dealkylation sites (tertiary alicyclic amines) is 1. The number of carbonyl (C=O) groups excluding carboxylic acids is 7. The molecule has 33 nitrogen and oxygen atoms in total. The number of carbonyl (C=O) groups is 7. The molecule has 3 N–H and O–H groups in total. The van der Waals surface area contributed by atoms with Crippen LogP contribution in [0.25, 0.3) is 32.3 Å². The minimum Gasteiger partial charge on any atom is -0.496 e. The molecule has 129 heavy (non-hydrogen) atoms. The van der Waals surface area contributed by atoms with Crippen LogP contribution in [0.2, 0.25) is 0 Å². The van der Waals surface area contributed by atoms with Gasteiger partial charge in [-0.1, -0.05) is 59.2 Å². The first-order valence-electron chi connectivity index (χ1n) is 43.6. The molecule has 3 atom stereocenters. The number of Topliss-reactive ketones (excluding diaryl/α,β-unsaturated/α-hetero) is 3. The molecule has 4 amide bonds. The highest BCUT2D eigenvalue weighted by molar-refractivity contribution is 7.21. The van der Waals surface area contributed by atoms with Gasteiger partial charge >= 0.3 is 6.09 Å². The summed E-state index contributed by atoms with van der Waals surface area (Å²) >= 11 is 8.63. The number of ether oxygens (including phenoxy) is 10. The Bertz CT molecular complexity index is 5250. The number of fused-ring (bicyclic) bond motifs is 3. The molecular weight excluding hydrogens is 1740 g/mol. The van der Waals surface area contributed by atoms with Crippen LogP contribution in [-0.4, -0.2) is 205 Å². The molecule has 6 saturated heterocycles. The number of halogens is 1. The van der Waals surface area contributed by atoms with E-state index in [9.17, 15) is 33.6 Å². The largest absolute Gasteiger partial charge is 0.496 e. The van der Waals surface area contributed by atoms with Gasteiger partial charge in [0.1, 0.15) is 91.2 Å². The van der Waals surface area contributed by atoms with Crippen molar-refractivity contribution in [2.24, 2.45) is 31.3 Å². The fourth-order valence-electron chi connectivity index (χ4n) is 18.6. The molecule has 0 saturated carbocycles. The zero-order valence-corrected chi connectivity index (χ0v) is 76.9. The average molecular weight is 1850 g/mol. The Hall–Kier alpha value is -10.3. The van der Waals surface area contributed by atoms with Crippen LogP contribution in [0.4, 0.5) is 19.8 Å². The number of hydrogen-bond acceptors (Lipinski definition) is 30. The fourth-order valence-corrected chi connectivity index (χ4v) is 22.4. The first-order valence-corrected chi connectivity index (χ1v) is 46.3. The molecule has 0 bridgehead atoms. The van der Waals surface area contributed by atoms with Crippen LogP contribution in [0.1, 0.15) is 181 Å². The zero-order chi connectivity index (χ0) is 90.7. The van der Waals surface area contributed by atoms with Gasteiger partial charge in [-0.15, -0.1) is 34.0 Å². The second-order valence-corrected chi connectivity index (χ2v) is 37.1. The van der Waals surface area contributed by atoms with Gasteiger partial charge in [0.25, 0.3) is 0 Å². The van der Waals surface area contributed by atoms with Crippen molar-refractivity contribution in [3.63, 3.8) is 0 Å². The third kappa shape index (κ3) is 19.4. The summed E-state index contributed by atoms with van der Waals surface area (Å²) in [4.78, 5) is 122. The Balaban J connectivity index is 0.000000145. The van der Waals surface area contributed by atoms with Crippen LogP contribution in [0.15, 0.2) is 139 Å². The van der Waals surface area contributed by atoms with E-state index in [1.54, 1.807) is 59.5 Å². The number of aromatic nitrogens is 3. The smallest absolute Gasteiger partial charge is 0.410 e. The minimum absolute atomic E-state index is 0.00421. The Morgan fingerprint density at radius 2 is 0.798 bits per heavy atom. The Kier molecular flexibility index (Phi) is 30.0. The summed E-state index contributed by atoms with van der Waals surface area (Å²) in [5.74, 6) is 2.35. The fraction of sp³-hybridized carbons (Fsp3) is 0.500. The quantitative estimate of drug-likeness (QED) is 0.0322. The number of hydrogen-bond donors (Lipinski definition) is 3. The van der Waals surface area contributed by atoms with Crippen molar-refractivity contribution in [2.75, 3.05) is 135 Å². The van der Waals surface area contributed by atoms with Crippen LogP contribution in [0.3, 0.4) is 0 Å². The maximum Gasteiger partial charge on any atom is 0.410 e. The molecule has 0 radical (unpaired) electrons. The molecule has 9 aliphatic heterocycles. The third-order valence-corrected chi connectivity index (χ3v) is 29.3. The SMILES string of the molecule is COc1ccccc1[C@H](CN1C(=O)C2(CCN(C(=O)OC(C)(C)C)CC2)C(=O)c2c1sc(-c1ncco1)c2C)OC1CCOCC1.COc1ccccc1[C@H](CN1C(=O)C2(CCNCC2)C(=O)c2c1sc(-c1ncco1)c2C)OC1CCOCC1.COc1ccccc1[C@H](CN1C(=O)C2(CCNCC2)C(=O)c2c1sc(-c1ncco1)c2C)OC1CCOCC1.N=NN=NCl. The van der Waals surface area contributed by atoms with Crippen LogP contribution in [-0.2, 0) is 47.5 Å². The monoisotopic (exact) mass is 1850 g/mol. The summed E-state index contributed by atoms with van der Waals surface area (Å²) < 4.78 is 79.1. The first-order chi connectivity index (χ1) is 62.5. The standard InChI is InChI=1S/C34H41N3O8S.2C29H33N3O6S.ClHN4/c1-21-26-28(38)34(12-15-36(16-13-34)32(40)45-33(2,3)4)31(39)37(30(26)46-27(21)29-35-14-19-43-29)20-25(44-22-10-17-42-18-11-22)23-8-6-7-9-24(23)41-5;2*1-18-23-25(33)29(9-11-30-12-10-29)28(34)32(27(23)39-24(18)26-31-13-16-37-26)17-22(38-19-7-14-36-15-8-19)20-5-3-4-6-21(20)35-2;1-3-5-4-2/h6-9,14,19,22,25H,10-13,15-18,20H2,1-5H3;2*3-6,13,16,19,22,30H,7-12,14-15,17H2,1-2H3;2H/t25-;2*22-;/m000./s1. The first kappa shape index (κ1) is 93.3. The van der Waals surface area contributed by atoms with Gasteiger partial charge < -0.3 is 76.2 Å². The van der Waals surface area contributed by atoms with Crippen LogP contribution >= 0.6 is 45.8 Å². The Labute approximate surface area is 764 Å². The van der Waals surface area contributed by atoms with Gasteiger partial charge in [0.05, 0.1) is 121 Å². The molecule has 15 heterocycles. The van der Waals surface area contributed by atoms with E-state index in [1.165, 1.54) is 52.8 Å². The number of amides is 4. The summed E-state index contributed by atoms with van der Waals surface area (Å²) in [5, 5.41) is 13.5. The number of methoxy groups -OCH3 is 3. The molecular formula is C92H108ClN13O20S3. The normalized spacial score (nSPS) is 19.5. The van der Waals surface area contributed by atoms with E-state index in [-0.39, 0.29) is 98.9 Å². The number of nitrogens with one attached hydrogen (secondary N) is 3.